The number of nitrogens with one attached hydrogen (secondary N) is 3. The summed E-state index contributed by atoms with van der Waals surface area (Å²) in [6.07, 6.45) is 1.31. The first-order valence-corrected chi connectivity index (χ1v) is 50.4. The van der Waals surface area contributed by atoms with Crippen LogP contribution in [-0.2, 0) is 81.7 Å². The van der Waals surface area contributed by atoms with Crippen LogP contribution in [0.4, 0.5) is 51.5 Å². The van der Waals surface area contributed by atoms with E-state index in [9.17, 15) is 62.6 Å². The number of anilines is 4. The van der Waals surface area contributed by atoms with Crippen LogP contribution in [-0.4, -0.2) is 222 Å². The van der Waals surface area contributed by atoms with E-state index in [0.29, 0.717) is 62.7 Å². The summed E-state index contributed by atoms with van der Waals surface area (Å²) in [4.78, 5) is 167. The Morgan fingerprint density at radius 3 is 0.973 bits per heavy atom. The summed E-state index contributed by atoms with van der Waals surface area (Å²) in [6.45, 7) is 24.2. The zero-order valence-corrected chi connectivity index (χ0v) is 85.4. The molecule has 11 aromatic rings. The second-order valence-corrected chi connectivity index (χ2v) is 42.3. The standard InChI is InChI=1S/C33H37N3O6.C30H33N3O5.C23H28N2O3.C20H26N2O6.C10H9N/c1-33(2,3)42-32(40)35-19-18-27-30(35)25(31(39)34-26-15-9-13-23-12-7-8-14-24(23)26)20-36(27)28(37)16-17-29(38)41-21-22-10-5-4-6-11-22;1-30(2,3)38-29(36)32-17-16-25-26(32)23(18-33(25)28(35)37-19-20-10-5-4-6-11-20)27(34)31-24-15-9-13-21-12-7-8-14-22(21)24;1-23(2,3)28-22(27)25-14-13-16-11-12-18(20(16)25)21(26)24-19-10-6-8-15-7-4-5-9-17(15)19;1-20(2,3)28-19(26)21-10-9-15-16(21)14(17(23)24)11-22(15)18(25)27-12-13-7-5-4-6-8-13;11-10-7-3-5-8-4-1-2-6-9(8)10/h4-15,25,27,30H,16-21H2,1-3H3,(H,34,39);4-15,23,25-26H,16-19H2,1-3H3,(H,31,34);4-10,16,18,20H,11-14H2,1-3H3,(H,24,26);4-8,14-16H,9-12H2,1-3H3,(H,23,24);1-7H,11H2/t25-,27+,30+;23-,25+,26+;16-,18+,20+;14-,15+,16+;/m0010./s1. The highest BCUT2D eigenvalue weighted by molar-refractivity contribution is 6.06. The van der Waals surface area contributed by atoms with Crippen LogP contribution in [0.15, 0.2) is 261 Å². The molecule has 1 aliphatic carbocycles. The first-order chi connectivity index (χ1) is 70.2. The van der Waals surface area contributed by atoms with Crippen LogP contribution in [0.25, 0.3) is 43.1 Å². The number of carboxylic acid groups (broad SMARTS) is 1. The van der Waals surface area contributed by atoms with Crippen molar-refractivity contribution in [1.29, 1.82) is 0 Å². The zero-order chi connectivity index (χ0) is 105. The maximum Gasteiger partial charge on any atom is 0.410 e. The van der Waals surface area contributed by atoms with E-state index in [2.05, 4.69) is 28.1 Å². The fraction of sp³-hybridized carbons (Fsp3) is 0.397. The van der Waals surface area contributed by atoms with Crippen LogP contribution >= 0.6 is 0 Å². The zero-order valence-electron chi connectivity index (χ0n) is 85.4. The van der Waals surface area contributed by atoms with Gasteiger partial charge in [-0.15, -0.1) is 0 Å². The van der Waals surface area contributed by atoms with Crippen molar-refractivity contribution in [3.05, 3.63) is 278 Å². The molecule has 0 aromatic heterocycles. The first kappa shape index (κ1) is 106. The van der Waals surface area contributed by atoms with Gasteiger partial charge in [-0.2, -0.15) is 0 Å². The van der Waals surface area contributed by atoms with E-state index in [0.717, 1.165) is 85.0 Å². The number of nitrogen functional groups attached to an aromatic ring is 1. The normalized spacial score (nSPS) is 21.0. The maximum atomic E-state index is 13.8. The lowest BCUT2D eigenvalue weighted by molar-refractivity contribution is -0.147. The number of amides is 10. The number of nitrogens with zero attached hydrogens (tertiary/aromatic N) is 7. The number of nitrogens with two attached hydrogens (primary N) is 1. The second kappa shape index (κ2) is 46.4. The smallest absolute Gasteiger partial charge is 0.410 e. The summed E-state index contributed by atoms with van der Waals surface area (Å²) in [5.41, 5.74) is 8.80. The summed E-state index contributed by atoms with van der Waals surface area (Å²) in [7, 11) is 0. The van der Waals surface area contributed by atoms with Gasteiger partial charge >= 0.3 is 48.5 Å². The summed E-state index contributed by atoms with van der Waals surface area (Å²) >= 11 is 0. The quantitative estimate of drug-likeness (QED) is 0.0341. The van der Waals surface area contributed by atoms with E-state index in [4.69, 9.17) is 38.9 Å². The van der Waals surface area contributed by atoms with Crippen molar-refractivity contribution in [3.63, 3.8) is 0 Å². The van der Waals surface area contributed by atoms with E-state index >= 15 is 0 Å². The minimum atomic E-state index is -1.04. The van der Waals surface area contributed by atoms with Crippen LogP contribution in [0.2, 0.25) is 0 Å². The van der Waals surface area contributed by atoms with Crippen molar-refractivity contribution in [1.82, 2.24) is 34.3 Å². The van der Waals surface area contributed by atoms with Gasteiger partial charge in [0.05, 0.1) is 66.3 Å². The number of carbonyl (C=O) groups excluding carboxylic acids is 11. The molecule has 19 rings (SSSR count). The van der Waals surface area contributed by atoms with Gasteiger partial charge in [-0.05, 0) is 190 Å². The predicted octanol–water partition coefficient (Wildman–Crippen LogP) is 20.5. The monoisotopic (exact) mass is 2000 g/mol. The molecule has 1 saturated carbocycles. The molecule has 772 valence electrons. The van der Waals surface area contributed by atoms with Crippen LogP contribution in [0.3, 0.4) is 0 Å². The van der Waals surface area contributed by atoms with Gasteiger partial charge in [0, 0.05) is 103 Å². The lowest BCUT2D eigenvalue weighted by Gasteiger charge is -2.31. The maximum absolute atomic E-state index is 13.8. The molecular formula is C116H133N11O20. The predicted molar refractivity (Wildman–Crippen MR) is 561 cm³/mol. The van der Waals surface area contributed by atoms with Gasteiger partial charge in [0.25, 0.3) is 0 Å². The summed E-state index contributed by atoms with van der Waals surface area (Å²) in [6, 6.07) is 80.3. The van der Waals surface area contributed by atoms with Gasteiger partial charge in [-0.25, -0.2) is 28.8 Å². The number of hydrogen-bond donors (Lipinski definition) is 5. The Morgan fingerprint density at radius 1 is 0.299 bits per heavy atom. The van der Waals surface area contributed by atoms with Crippen molar-refractivity contribution in [2.24, 2.45) is 29.6 Å². The second-order valence-electron chi connectivity index (χ2n) is 42.3. The highest BCUT2D eigenvalue weighted by atomic mass is 16.6. The topological polar surface area (TPSA) is 374 Å². The Labute approximate surface area is 856 Å². The molecule has 8 aliphatic rings. The number of benzene rings is 11. The Hall–Kier alpha value is -15.3. The first-order valence-electron chi connectivity index (χ1n) is 50.4. The number of likely N-dealkylation sites (tertiary alicyclic amines) is 7. The Morgan fingerprint density at radius 2 is 0.599 bits per heavy atom. The Kier molecular flexibility index (Phi) is 33.4. The summed E-state index contributed by atoms with van der Waals surface area (Å²) in [5, 5.41) is 27.2. The van der Waals surface area contributed by atoms with Gasteiger partial charge in [-0.3, -0.25) is 28.8 Å². The number of ether oxygens (including phenoxy) is 7. The SMILES string of the molecule is CC(C)(C)OC(=O)N1CC[C@@H]2[C@H]1[C@@H](C(=O)Nc1cccc3ccccc13)CN2C(=O)CCC(=O)OCc1ccccc1.CC(C)(C)OC(=O)N1CC[C@@H]2[C@H]1[C@@H](C(=O)Nc1cccc3ccccc13)CN2C(=O)OCc1ccccc1.CC(C)(C)OC(=O)N1CC[C@@H]2[C@H]1[C@@H](C(=O)O)CN2C(=O)OCc1ccccc1.CC(C)(C)OC(=O)N1CC[C@H]2CC[C@H](C(=O)Nc3cccc4ccccc34)[C@H]21.Nc1cccc2ccccc12. The average molecular weight is 2000 g/mol. The third-order valence-electron chi connectivity index (χ3n) is 27.5. The van der Waals surface area contributed by atoms with Gasteiger partial charge in [-0.1, -0.05) is 237 Å². The fourth-order valence-electron chi connectivity index (χ4n) is 21.1. The number of carboxylic acids is 1. The molecule has 12 atom stereocenters. The van der Waals surface area contributed by atoms with Crippen LogP contribution < -0.4 is 21.7 Å². The Bertz CT molecular complexity index is 6560. The lowest BCUT2D eigenvalue weighted by Crippen LogP contribution is -2.47. The largest absolute Gasteiger partial charge is 0.481 e. The summed E-state index contributed by atoms with van der Waals surface area (Å²) in [5.74, 6) is -4.25. The number of hydrogen-bond acceptors (Lipinski definition) is 20. The molecule has 0 radical (unpaired) electrons. The molecular weight excluding hydrogens is 1870 g/mol. The average Bonchev–Trinajstić information content (AvgIpc) is 1.54. The van der Waals surface area contributed by atoms with Gasteiger partial charge < -0.3 is 94.2 Å². The van der Waals surface area contributed by atoms with Crippen molar-refractivity contribution < 1.29 is 95.8 Å². The minimum absolute atomic E-state index is 0.000637. The van der Waals surface area contributed by atoms with E-state index in [1.165, 1.54) is 15.2 Å². The number of rotatable bonds is 16. The Balaban J connectivity index is 0.000000143. The van der Waals surface area contributed by atoms with Crippen LogP contribution in [0, 0.1) is 29.6 Å². The van der Waals surface area contributed by atoms with Crippen LogP contribution in [0.5, 0.6) is 0 Å². The molecule has 10 amide bonds. The number of aliphatic carboxylic acids is 1. The highest BCUT2D eigenvalue weighted by Crippen LogP contribution is 2.46. The lowest BCUT2D eigenvalue weighted by atomic mass is 9.97. The van der Waals surface area contributed by atoms with Gasteiger partial charge in [0.15, 0.2) is 0 Å². The third-order valence-corrected chi connectivity index (χ3v) is 27.5. The van der Waals surface area contributed by atoms with E-state index < -0.39 is 107 Å². The number of fused-ring (bicyclic) bond motifs is 8. The number of carbonyl (C=O) groups is 12. The molecule has 11 aromatic carbocycles. The van der Waals surface area contributed by atoms with Crippen molar-refractivity contribution in [2.45, 2.75) is 219 Å². The molecule has 7 aliphatic heterocycles. The summed E-state index contributed by atoms with van der Waals surface area (Å²) < 4.78 is 38.7. The molecule has 7 saturated heterocycles. The molecule has 31 heteroatoms. The molecule has 147 heavy (non-hydrogen) atoms. The van der Waals surface area contributed by atoms with Crippen molar-refractivity contribution >= 4 is 138 Å². The van der Waals surface area contributed by atoms with Gasteiger partial charge in [0.1, 0.15) is 42.2 Å². The fourth-order valence-corrected chi connectivity index (χ4v) is 21.1. The molecule has 31 nitrogen and oxygen atoms in total. The minimum Gasteiger partial charge on any atom is -0.481 e. The molecule has 8 fully saturated rings. The van der Waals surface area contributed by atoms with E-state index in [1.807, 2.05) is 290 Å². The molecule has 7 heterocycles. The van der Waals surface area contributed by atoms with E-state index in [1.54, 1.807) is 66.0 Å². The molecule has 0 spiro atoms. The van der Waals surface area contributed by atoms with Crippen LogP contribution in [0.1, 0.15) is 151 Å². The van der Waals surface area contributed by atoms with E-state index in [-0.39, 0.29) is 106 Å². The van der Waals surface area contributed by atoms with Gasteiger partial charge in [0.2, 0.25) is 23.6 Å². The third kappa shape index (κ3) is 26.5. The number of esters is 1. The van der Waals surface area contributed by atoms with Crippen molar-refractivity contribution in [3.8, 4) is 0 Å². The van der Waals surface area contributed by atoms with Crippen molar-refractivity contribution in [2.75, 3.05) is 67.5 Å². The molecule has 6 N–H and O–H groups in total. The molecule has 0 bridgehead atoms. The highest BCUT2D eigenvalue weighted by Gasteiger charge is 2.59. The molecule has 0 unspecified atom stereocenters.